The molecule has 0 radical (unpaired) electrons. The van der Waals surface area contributed by atoms with Gasteiger partial charge in [0.2, 0.25) is 0 Å². The third-order valence-electron chi connectivity index (χ3n) is 4.17. The van der Waals surface area contributed by atoms with Crippen molar-refractivity contribution in [1.82, 2.24) is 14.8 Å². The first-order valence-electron chi connectivity index (χ1n) is 7.28. The van der Waals surface area contributed by atoms with Gasteiger partial charge in [0.15, 0.2) is 0 Å². The lowest BCUT2D eigenvalue weighted by Gasteiger charge is -2.36. The van der Waals surface area contributed by atoms with Crippen LogP contribution in [0.5, 0.6) is 0 Å². The molecule has 110 valence electrons. The Morgan fingerprint density at radius 2 is 2.20 bits per heavy atom. The number of nitrogens with two attached hydrogens (primary N) is 1. The molecular weight excluding hydrogens is 268 g/mol. The molecule has 0 amide bonds. The standard InChI is InChI=1S/C15H24N4S/c1-3-19-9-6-13(7-10-19)18(2)11-12-5-4-8-17-14(12)15(16)20/h4-5,8,13H,3,6-7,9-11H2,1-2H3,(H2,16,20). The van der Waals surface area contributed by atoms with Crippen LogP contribution in [-0.4, -0.2) is 52.5 Å². The minimum Gasteiger partial charge on any atom is -0.388 e. The zero-order chi connectivity index (χ0) is 14.5. The van der Waals surface area contributed by atoms with Crippen molar-refractivity contribution in [3.05, 3.63) is 29.6 Å². The molecule has 4 nitrogen and oxygen atoms in total. The second kappa shape index (κ2) is 7.11. The zero-order valence-corrected chi connectivity index (χ0v) is 13.2. The molecule has 2 N–H and O–H groups in total. The van der Waals surface area contributed by atoms with E-state index >= 15 is 0 Å². The molecule has 1 saturated heterocycles. The monoisotopic (exact) mass is 292 g/mol. The third-order valence-corrected chi connectivity index (χ3v) is 4.37. The Hall–Kier alpha value is -1.04. The Bertz CT molecular complexity index is 455. The molecule has 0 atom stereocenters. The quantitative estimate of drug-likeness (QED) is 0.836. The molecular formula is C15H24N4S. The molecule has 0 aliphatic carbocycles. The van der Waals surface area contributed by atoms with Crippen molar-refractivity contribution in [2.24, 2.45) is 5.73 Å². The SMILES string of the molecule is CCN1CCC(N(C)Cc2cccnc2C(N)=S)CC1. The number of aromatic nitrogens is 1. The van der Waals surface area contributed by atoms with Gasteiger partial charge in [-0.05, 0) is 51.2 Å². The number of rotatable bonds is 5. The van der Waals surface area contributed by atoms with Gasteiger partial charge in [-0.15, -0.1) is 0 Å². The van der Waals surface area contributed by atoms with Crippen molar-refractivity contribution in [3.8, 4) is 0 Å². The predicted octanol–water partition coefficient (Wildman–Crippen LogP) is 1.63. The van der Waals surface area contributed by atoms with E-state index in [9.17, 15) is 0 Å². The Morgan fingerprint density at radius 1 is 1.50 bits per heavy atom. The summed E-state index contributed by atoms with van der Waals surface area (Å²) in [6, 6.07) is 4.65. The molecule has 1 aromatic heterocycles. The van der Waals surface area contributed by atoms with E-state index in [2.05, 4.69) is 34.8 Å². The van der Waals surface area contributed by atoms with Gasteiger partial charge in [-0.3, -0.25) is 9.88 Å². The molecule has 0 unspecified atom stereocenters. The maximum absolute atomic E-state index is 5.75. The van der Waals surface area contributed by atoms with Crippen LogP contribution in [0, 0.1) is 0 Å². The third kappa shape index (κ3) is 3.75. The summed E-state index contributed by atoms with van der Waals surface area (Å²) in [4.78, 5) is 9.60. The van der Waals surface area contributed by atoms with Crippen molar-refractivity contribution in [2.75, 3.05) is 26.7 Å². The lowest BCUT2D eigenvalue weighted by molar-refractivity contribution is 0.127. The van der Waals surface area contributed by atoms with E-state index < -0.39 is 0 Å². The zero-order valence-electron chi connectivity index (χ0n) is 12.4. The summed E-state index contributed by atoms with van der Waals surface area (Å²) < 4.78 is 0. The smallest absolute Gasteiger partial charge is 0.123 e. The van der Waals surface area contributed by atoms with Gasteiger partial charge in [0.05, 0.1) is 0 Å². The summed E-state index contributed by atoms with van der Waals surface area (Å²) in [5.41, 5.74) is 7.64. The lowest BCUT2D eigenvalue weighted by atomic mass is 10.0. The van der Waals surface area contributed by atoms with Gasteiger partial charge in [0.25, 0.3) is 0 Å². The van der Waals surface area contributed by atoms with Crippen molar-refractivity contribution < 1.29 is 0 Å². The first-order chi connectivity index (χ1) is 9.61. The Labute approximate surface area is 127 Å². The molecule has 0 aromatic carbocycles. The van der Waals surface area contributed by atoms with E-state index in [1.807, 2.05) is 6.07 Å². The van der Waals surface area contributed by atoms with Crippen LogP contribution in [0.15, 0.2) is 18.3 Å². The van der Waals surface area contributed by atoms with Gasteiger partial charge in [-0.1, -0.05) is 25.2 Å². The fourth-order valence-corrected chi connectivity index (χ4v) is 3.05. The number of piperidine rings is 1. The summed E-state index contributed by atoms with van der Waals surface area (Å²) >= 11 is 5.08. The minimum absolute atomic E-state index is 0.384. The molecule has 1 aromatic rings. The highest BCUT2D eigenvalue weighted by atomic mass is 32.1. The molecule has 1 aliphatic heterocycles. The van der Waals surface area contributed by atoms with Gasteiger partial charge < -0.3 is 10.6 Å². The Morgan fingerprint density at radius 3 is 2.80 bits per heavy atom. The largest absolute Gasteiger partial charge is 0.388 e. The molecule has 1 fully saturated rings. The minimum atomic E-state index is 0.384. The van der Waals surface area contributed by atoms with Crippen LogP contribution < -0.4 is 5.73 Å². The first-order valence-corrected chi connectivity index (χ1v) is 7.69. The van der Waals surface area contributed by atoms with Gasteiger partial charge in [0, 0.05) is 18.8 Å². The van der Waals surface area contributed by atoms with Crippen molar-refractivity contribution in [3.63, 3.8) is 0 Å². The van der Waals surface area contributed by atoms with Crippen molar-refractivity contribution >= 4 is 17.2 Å². The molecule has 0 saturated carbocycles. The van der Waals surface area contributed by atoms with Crippen LogP contribution in [0.25, 0.3) is 0 Å². The van der Waals surface area contributed by atoms with Crippen LogP contribution >= 0.6 is 12.2 Å². The van der Waals surface area contributed by atoms with E-state index in [0.29, 0.717) is 11.0 Å². The average molecular weight is 292 g/mol. The Balaban J connectivity index is 1.98. The predicted molar refractivity (Wildman–Crippen MR) is 86.7 cm³/mol. The number of hydrogen-bond acceptors (Lipinski definition) is 4. The van der Waals surface area contributed by atoms with Crippen molar-refractivity contribution in [2.45, 2.75) is 32.4 Å². The molecule has 5 heteroatoms. The van der Waals surface area contributed by atoms with Gasteiger partial charge in [0.1, 0.15) is 10.7 Å². The van der Waals surface area contributed by atoms with E-state index in [0.717, 1.165) is 24.3 Å². The molecule has 0 bridgehead atoms. The fourth-order valence-electron chi connectivity index (χ4n) is 2.86. The number of thiocarbonyl (C=S) groups is 1. The van der Waals surface area contributed by atoms with Crippen LogP contribution in [0.3, 0.4) is 0 Å². The highest BCUT2D eigenvalue weighted by Gasteiger charge is 2.22. The summed E-state index contributed by atoms with van der Waals surface area (Å²) in [7, 11) is 2.18. The summed E-state index contributed by atoms with van der Waals surface area (Å²) in [6.45, 7) is 6.64. The van der Waals surface area contributed by atoms with E-state index in [4.69, 9.17) is 18.0 Å². The van der Waals surface area contributed by atoms with E-state index in [1.54, 1.807) is 6.20 Å². The number of hydrogen-bond donors (Lipinski definition) is 1. The van der Waals surface area contributed by atoms with Crippen LogP contribution in [0.2, 0.25) is 0 Å². The second-order valence-corrected chi connectivity index (χ2v) is 5.90. The van der Waals surface area contributed by atoms with E-state index in [1.165, 1.54) is 25.9 Å². The summed E-state index contributed by atoms with van der Waals surface area (Å²) in [5, 5.41) is 0. The number of nitrogens with zero attached hydrogens (tertiary/aromatic N) is 3. The van der Waals surface area contributed by atoms with Crippen LogP contribution in [-0.2, 0) is 6.54 Å². The molecule has 0 spiro atoms. The fraction of sp³-hybridized carbons (Fsp3) is 0.600. The molecule has 20 heavy (non-hydrogen) atoms. The van der Waals surface area contributed by atoms with Gasteiger partial charge >= 0.3 is 0 Å². The van der Waals surface area contributed by atoms with Gasteiger partial charge in [-0.25, -0.2) is 0 Å². The topological polar surface area (TPSA) is 45.4 Å². The normalized spacial score (nSPS) is 17.6. The average Bonchev–Trinajstić information content (AvgIpc) is 2.47. The number of pyridine rings is 1. The summed E-state index contributed by atoms with van der Waals surface area (Å²) in [5.74, 6) is 0. The highest BCUT2D eigenvalue weighted by Crippen LogP contribution is 2.18. The number of likely N-dealkylation sites (tertiary alicyclic amines) is 1. The van der Waals surface area contributed by atoms with E-state index in [-0.39, 0.29) is 0 Å². The van der Waals surface area contributed by atoms with Crippen molar-refractivity contribution in [1.29, 1.82) is 0 Å². The maximum Gasteiger partial charge on any atom is 0.123 e. The summed E-state index contributed by atoms with van der Waals surface area (Å²) in [6.07, 6.45) is 4.21. The molecule has 2 rings (SSSR count). The lowest BCUT2D eigenvalue weighted by Crippen LogP contribution is -2.43. The second-order valence-electron chi connectivity index (χ2n) is 5.46. The highest BCUT2D eigenvalue weighted by molar-refractivity contribution is 7.80. The maximum atomic E-state index is 5.75. The van der Waals surface area contributed by atoms with Crippen LogP contribution in [0.4, 0.5) is 0 Å². The molecule has 2 heterocycles. The van der Waals surface area contributed by atoms with Crippen LogP contribution in [0.1, 0.15) is 31.0 Å². The van der Waals surface area contributed by atoms with Gasteiger partial charge in [-0.2, -0.15) is 0 Å². The first kappa shape index (κ1) is 15.4. The molecule has 1 aliphatic rings. The Kier molecular flexibility index (Phi) is 5.46.